The summed E-state index contributed by atoms with van der Waals surface area (Å²) >= 11 is 5.79. The molecule has 1 amide bonds. The van der Waals surface area contributed by atoms with Crippen LogP contribution in [0.1, 0.15) is 29.3 Å². The second-order valence-electron chi connectivity index (χ2n) is 4.26. The molecule has 0 unspecified atom stereocenters. The maximum atomic E-state index is 12.4. The summed E-state index contributed by atoms with van der Waals surface area (Å²) in [7, 11) is 0. The van der Waals surface area contributed by atoms with Crippen molar-refractivity contribution in [1.29, 1.82) is 0 Å². The van der Waals surface area contributed by atoms with Gasteiger partial charge in [-0.3, -0.25) is 14.6 Å². The molecule has 0 saturated heterocycles. The summed E-state index contributed by atoms with van der Waals surface area (Å²) in [5.74, 6) is -0.667. The zero-order chi connectivity index (χ0) is 15.0. The minimum absolute atomic E-state index is 0.139. The van der Waals surface area contributed by atoms with Gasteiger partial charge in [-0.25, -0.2) is 14.9 Å². The molecule has 1 aliphatic heterocycles. The van der Waals surface area contributed by atoms with Crippen LogP contribution in [0.4, 0.5) is 5.82 Å². The summed E-state index contributed by atoms with van der Waals surface area (Å²) in [6.07, 6.45) is 3.26. The van der Waals surface area contributed by atoms with Crippen molar-refractivity contribution in [2.75, 3.05) is 4.90 Å². The molecule has 1 aliphatic rings. The first-order valence-electron chi connectivity index (χ1n) is 6.01. The molecule has 0 bridgehead atoms. The third-order valence-corrected chi connectivity index (χ3v) is 3.08. The lowest BCUT2D eigenvalue weighted by atomic mass is 10.3. The van der Waals surface area contributed by atoms with Crippen molar-refractivity contribution < 1.29 is 14.3 Å². The number of ether oxygens (including phenoxy) is 1. The molecule has 8 heteroatoms. The monoisotopic (exact) mass is 304 g/mol. The van der Waals surface area contributed by atoms with Crippen molar-refractivity contribution in [3.63, 3.8) is 0 Å². The highest BCUT2D eigenvalue weighted by Crippen LogP contribution is 2.35. The molecule has 21 heavy (non-hydrogen) atoms. The molecule has 0 spiro atoms. The van der Waals surface area contributed by atoms with Gasteiger partial charge in [-0.15, -0.1) is 0 Å². The van der Waals surface area contributed by atoms with Gasteiger partial charge in [0, 0.05) is 25.5 Å². The number of carbonyl (C=O) groups excluding carboxylic acids is 2. The normalized spacial score (nSPS) is 16.8. The Bertz CT molecular complexity index is 720. The van der Waals surface area contributed by atoms with Crippen LogP contribution in [0.25, 0.3) is 0 Å². The third-order valence-electron chi connectivity index (χ3n) is 2.85. The highest BCUT2D eigenvalue weighted by atomic mass is 35.5. The van der Waals surface area contributed by atoms with Crippen LogP contribution in [0.5, 0.6) is 0 Å². The zero-order valence-corrected chi connectivity index (χ0v) is 11.6. The lowest BCUT2D eigenvalue weighted by Gasteiger charge is -2.22. The molecule has 0 aliphatic carbocycles. The van der Waals surface area contributed by atoms with E-state index in [2.05, 4.69) is 15.0 Å². The molecule has 0 saturated carbocycles. The van der Waals surface area contributed by atoms with Gasteiger partial charge in [0.15, 0.2) is 5.69 Å². The van der Waals surface area contributed by atoms with E-state index in [1.54, 1.807) is 12.1 Å². The molecule has 7 nitrogen and oxygen atoms in total. The molecular formula is C13H9ClN4O3. The van der Waals surface area contributed by atoms with Gasteiger partial charge in [0.2, 0.25) is 6.23 Å². The van der Waals surface area contributed by atoms with E-state index < -0.39 is 18.1 Å². The smallest absolute Gasteiger partial charge is 0.304 e. The van der Waals surface area contributed by atoms with Crippen LogP contribution in [0, 0.1) is 0 Å². The first-order valence-corrected chi connectivity index (χ1v) is 6.39. The second-order valence-corrected chi connectivity index (χ2v) is 4.70. The van der Waals surface area contributed by atoms with E-state index in [9.17, 15) is 9.59 Å². The predicted octanol–water partition coefficient (Wildman–Crippen LogP) is 1.75. The quantitative estimate of drug-likeness (QED) is 0.786. The average Bonchev–Trinajstić information content (AvgIpc) is 2.73. The van der Waals surface area contributed by atoms with Crippen molar-refractivity contribution in [1.82, 2.24) is 15.0 Å². The number of rotatable bonds is 2. The number of hydrogen-bond donors (Lipinski definition) is 0. The number of anilines is 1. The Morgan fingerprint density at radius 1 is 1.29 bits per heavy atom. The highest BCUT2D eigenvalue weighted by Gasteiger charge is 2.43. The van der Waals surface area contributed by atoms with Gasteiger partial charge in [-0.2, -0.15) is 0 Å². The number of nitrogens with zero attached hydrogens (tertiary/aromatic N) is 4. The molecule has 1 atom stereocenters. The first kappa shape index (κ1) is 13.4. The van der Waals surface area contributed by atoms with E-state index in [0.29, 0.717) is 10.8 Å². The van der Waals surface area contributed by atoms with E-state index in [4.69, 9.17) is 16.3 Å². The largest absolute Gasteiger partial charge is 0.435 e. The summed E-state index contributed by atoms with van der Waals surface area (Å²) in [5.41, 5.74) is 0.426. The van der Waals surface area contributed by atoms with Crippen LogP contribution < -0.4 is 4.90 Å². The summed E-state index contributed by atoms with van der Waals surface area (Å²) in [4.78, 5) is 37.1. The maximum Gasteiger partial charge on any atom is 0.304 e. The van der Waals surface area contributed by atoms with Gasteiger partial charge < -0.3 is 4.74 Å². The molecule has 0 aromatic carbocycles. The van der Waals surface area contributed by atoms with Crippen LogP contribution in [-0.2, 0) is 9.53 Å². The van der Waals surface area contributed by atoms with Crippen LogP contribution in [0.3, 0.4) is 0 Å². The van der Waals surface area contributed by atoms with Crippen LogP contribution in [0.15, 0.2) is 30.7 Å². The lowest BCUT2D eigenvalue weighted by Crippen LogP contribution is -2.31. The minimum Gasteiger partial charge on any atom is -0.435 e. The highest BCUT2D eigenvalue weighted by molar-refractivity contribution is 6.30. The summed E-state index contributed by atoms with van der Waals surface area (Å²) in [6.45, 7) is 1.26. The van der Waals surface area contributed by atoms with Crippen molar-refractivity contribution in [2.45, 2.75) is 13.2 Å². The SMILES string of the molecule is CC(=O)O[C@@H]1c2nccnc2C(=O)N1c1ccc(Cl)cn1. The van der Waals surface area contributed by atoms with Gasteiger partial charge in [-0.1, -0.05) is 11.6 Å². The standard InChI is InChI=1S/C13H9ClN4O3/c1-7(19)21-13-11-10(15-4-5-16-11)12(20)18(13)9-3-2-8(14)6-17-9/h2-6,13H,1H3/t13-/m1/s1. The van der Waals surface area contributed by atoms with Gasteiger partial charge in [0.25, 0.3) is 5.91 Å². The van der Waals surface area contributed by atoms with E-state index in [1.807, 2.05) is 0 Å². The fourth-order valence-electron chi connectivity index (χ4n) is 2.04. The Hall–Kier alpha value is -2.54. The Balaban J connectivity index is 2.08. The summed E-state index contributed by atoms with van der Waals surface area (Å²) < 4.78 is 5.20. The molecule has 3 rings (SSSR count). The molecule has 106 valence electrons. The fourth-order valence-corrected chi connectivity index (χ4v) is 2.15. The van der Waals surface area contributed by atoms with Gasteiger partial charge in [0.05, 0.1) is 5.02 Å². The number of amides is 1. The number of esters is 1. The van der Waals surface area contributed by atoms with Crippen molar-refractivity contribution >= 4 is 29.3 Å². The van der Waals surface area contributed by atoms with Crippen molar-refractivity contribution in [3.05, 3.63) is 47.1 Å². The molecular weight excluding hydrogens is 296 g/mol. The molecule has 0 fully saturated rings. The summed E-state index contributed by atoms with van der Waals surface area (Å²) in [5, 5.41) is 0.434. The van der Waals surface area contributed by atoms with Gasteiger partial charge >= 0.3 is 5.97 Å². The Morgan fingerprint density at radius 3 is 2.71 bits per heavy atom. The first-order chi connectivity index (χ1) is 10.1. The van der Waals surface area contributed by atoms with Crippen LogP contribution in [-0.4, -0.2) is 26.8 Å². The Labute approximate surface area is 124 Å². The number of pyridine rings is 1. The molecule has 0 radical (unpaired) electrons. The molecule has 0 N–H and O–H groups in total. The van der Waals surface area contributed by atoms with Crippen molar-refractivity contribution in [2.24, 2.45) is 0 Å². The predicted molar refractivity (Wildman–Crippen MR) is 72.6 cm³/mol. The Kier molecular flexibility index (Phi) is 3.26. The van der Waals surface area contributed by atoms with Gasteiger partial charge in [-0.05, 0) is 12.1 Å². The fraction of sp³-hybridized carbons (Fsp3) is 0.154. The molecule has 2 aromatic rings. The van der Waals surface area contributed by atoms with E-state index >= 15 is 0 Å². The molecule has 2 aromatic heterocycles. The Morgan fingerprint density at radius 2 is 2.05 bits per heavy atom. The maximum absolute atomic E-state index is 12.4. The molecule has 3 heterocycles. The third kappa shape index (κ3) is 2.31. The van der Waals surface area contributed by atoms with E-state index in [1.165, 1.54) is 30.4 Å². The van der Waals surface area contributed by atoms with Crippen LogP contribution in [0.2, 0.25) is 5.02 Å². The number of carbonyl (C=O) groups is 2. The number of aromatic nitrogens is 3. The number of fused-ring (bicyclic) bond motifs is 1. The summed E-state index contributed by atoms with van der Waals surface area (Å²) in [6, 6.07) is 3.15. The number of halogens is 1. The van der Waals surface area contributed by atoms with E-state index in [-0.39, 0.29) is 11.4 Å². The average molecular weight is 305 g/mol. The van der Waals surface area contributed by atoms with Gasteiger partial charge in [0.1, 0.15) is 11.5 Å². The van der Waals surface area contributed by atoms with E-state index in [0.717, 1.165) is 0 Å². The van der Waals surface area contributed by atoms with Crippen molar-refractivity contribution in [3.8, 4) is 0 Å². The second kappa shape index (κ2) is 5.10. The zero-order valence-electron chi connectivity index (χ0n) is 10.9. The lowest BCUT2D eigenvalue weighted by molar-refractivity contribution is -0.146. The number of hydrogen-bond acceptors (Lipinski definition) is 6. The van der Waals surface area contributed by atoms with Crippen LogP contribution >= 0.6 is 11.6 Å². The minimum atomic E-state index is -0.979. The topological polar surface area (TPSA) is 85.3 Å².